The minimum atomic E-state index is 0.226. The molecule has 1 aliphatic rings. The summed E-state index contributed by atoms with van der Waals surface area (Å²) in [6.45, 7) is 9.35. The second-order valence-electron chi connectivity index (χ2n) is 5.28. The van der Waals surface area contributed by atoms with Crippen molar-refractivity contribution in [3.05, 3.63) is 23.7 Å². The van der Waals surface area contributed by atoms with Crippen LogP contribution in [-0.4, -0.2) is 35.0 Å². The molecule has 1 atom stereocenters. The van der Waals surface area contributed by atoms with Gasteiger partial charge in [0.2, 0.25) is 0 Å². The van der Waals surface area contributed by atoms with Gasteiger partial charge in [-0.15, -0.1) is 0 Å². The monoisotopic (exact) mass is 254 g/mol. The smallest absolute Gasteiger partial charge is 0.122 e. The van der Waals surface area contributed by atoms with Gasteiger partial charge in [-0.25, -0.2) is 0 Å². The topological polar surface area (TPSA) is 42.4 Å². The van der Waals surface area contributed by atoms with E-state index in [2.05, 4.69) is 24.8 Å². The SMILES string of the molecule is Cc1ccc(C(CN)N2CCSC(C)(C)C2)o1. The molecule has 0 bridgehead atoms. The number of nitrogens with zero attached hydrogens (tertiary/aromatic N) is 1. The summed E-state index contributed by atoms with van der Waals surface area (Å²) >= 11 is 2.04. The first-order valence-corrected chi connectivity index (χ1v) is 7.15. The highest BCUT2D eigenvalue weighted by atomic mass is 32.2. The maximum Gasteiger partial charge on any atom is 0.122 e. The van der Waals surface area contributed by atoms with E-state index in [0.717, 1.165) is 24.6 Å². The summed E-state index contributed by atoms with van der Waals surface area (Å²) in [4.78, 5) is 2.45. The van der Waals surface area contributed by atoms with Crippen LogP contribution in [0.25, 0.3) is 0 Å². The second kappa shape index (κ2) is 5.04. The van der Waals surface area contributed by atoms with E-state index >= 15 is 0 Å². The van der Waals surface area contributed by atoms with Gasteiger partial charge in [0.1, 0.15) is 11.5 Å². The molecular weight excluding hydrogens is 232 g/mol. The summed E-state index contributed by atoms with van der Waals surface area (Å²) in [6.07, 6.45) is 0. The summed E-state index contributed by atoms with van der Waals surface area (Å²) in [5.74, 6) is 3.14. The quantitative estimate of drug-likeness (QED) is 0.899. The Bertz CT molecular complexity index is 375. The van der Waals surface area contributed by atoms with Crippen LogP contribution in [0.2, 0.25) is 0 Å². The Hall–Kier alpha value is -0.450. The van der Waals surface area contributed by atoms with Crippen LogP contribution in [0.1, 0.15) is 31.4 Å². The highest BCUT2D eigenvalue weighted by Gasteiger charge is 2.32. The van der Waals surface area contributed by atoms with Gasteiger partial charge in [0, 0.05) is 30.1 Å². The van der Waals surface area contributed by atoms with E-state index in [1.54, 1.807) is 0 Å². The molecule has 96 valence electrons. The minimum Gasteiger partial charge on any atom is -0.465 e. The summed E-state index contributed by atoms with van der Waals surface area (Å²) < 4.78 is 6.04. The molecule has 2 heterocycles. The molecule has 1 aromatic heterocycles. The standard InChI is InChI=1S/C13H22N2OS/c1-10-4-5-12(16-10)11(8-14)15-6-7-17-13(2,3)9-15/h4-5,11H,6-9,14H2,1-3H3. The molecule has 1 aromatic rings. The van der Waals surface area contributed by atoms with Gasteiger partial charge in [0.05, 0.1) is 6.04 Å². The van der Waals surface area contributed by atoms with Crippen molar-refractivity contribution in [1.29, 1.82) is 0 Å². The molecule has 17 heavy (non-hydrogen) atoms. The first kappa shape index (κ1) is 13.0. The first-order chi connectivity index (χ1) is 8.02. The molecule has 4 heteroatoms. The molecule has 1 aliphatic heterocycles. The Balaban J connectivity index is 2.13. The van der Waals surface area contributed by atoms with Gasteiger partial charge in [-0.1, -0.05) is 0 Å². The van der Waals surface area contributed by atoms with Crippen LogP contribution in [0, 0.1) is 6.92 Å². The average molecular weight is 254 g/mol. The van der Waals surface area contributed by atoms with Crippen molar-refractivity contribution in [2.24, 2.45) is 5.73 Å². The fourth-order valence-corrected chi connectivity index (χ4v) is 3.53. The van der Waals surface area contributed by atoms with Gasteiger partial charge in [-0.2, -0.15) is 11.8 Å². The lowest BCUT2D eigenvalue weighted by molar-refractivity contribution is 0.170. The summed E-state index contributed by atoms with van der Waals surface area (Å²) in [5.41, 5.74) is 5.93. The third-order valence-corrected chi connectivity index (χ3v) is 4.51. The van der Waals surface area contributed by atoms with E-state index in [1.807, 2.05) is 24.8 Å². The number of nitrogens with two attached hydrogens (primary N) is 1. The molecule has 2 rings (SSSR count). The van der Waals surface area contributed by atoms with Gasteiger partial charge < -0.3 is 10.2 Å². The molecule has 0 spiro atoms. The van der Waals surface area contributed by atoms with Crippen molar-refractivity contribution in [3.63, 3.8) is 0 Å². The second-order valence-corrected chi connectivity index (χ2v) is 7.08. The normalized spacial score (nSPS) is 22.6. The van der Waals surface area contributed by atoms with Gasteiger partial charge in [0.15, 0.2) is 0 Å². The largest absolute Gasteiger partial charge is 0.465 e. The van der Waals surface area contributed by atoms with Crippen molar-refractivity contribution in [2.45, 2.75) is 31.6 Å². The van der Waals surface area contributed by atoms with E-state index < -0.39 is 0 Å². The van der Waals surface area contributed by atoms with E-state index in [1.165, 1.54) is 5.75 Å². The zero-order valence-electron chi connectivity index (χ0n) is 10.9. The Kier molecular flexibility index (Phi) is 3.85. The van der Waals surface area contributed by atoms with Crippen molar-refractivity contribution in [1.82, 2.24) is 4.90 Å². The number of thioether (sulfide) groups is 1. The molecule has 1 unspecified atom stereocenters. The van der Waals surface area contributed by atoms with Crippen LogP contribution in [0.15, 0.2) is 16.5 Å². The Morgan fingerprint density at radius 3 is 2.82 bits per heavy atom. The van der Waals surface area contributed by atoms with Crippen molar-refractivity contribution in [3.8, 4) is 0 Å². The molecular formula is C13H22N2OS. The highest BCUT2D eigenvalue weighted by Crippen LogP contribution is 2.34. The minimum absolute atomic E-state index is 0.226. The van der Waals surface area contributed by atoms with Crippen LogP contribution >= 0.6 is 11.8 Å². The Morgan fingerprint density at radius 2 is 2.29 bits per heavy atom. The first-order valence-electron chi connectivity index (χ1n) is 6.16. The van der Waals surface area contributed by atoms with Gasteiger partial charge in [-0.05, 0) is 32.9 Å². The highest BCUT2D eigenvalue weighted by molar-refractivity contribution is 8.00. The molecule has 2 N–H and O–H groups in total. The van der Waals surface area contributed by atoms with Crippen LogP contribution in [0.3, 0.4) is 0 Å². The van der Waals surface area contributed by atoms with Crippen molar-refractivity contribution in [2.75, 3.05) is 25.4 Å². The third kappa shape index (κ3) is 3.06. The van der Waals surface area contributed by atoms with E-state index in [-0.39, 0.29) is 6.04 Å². The zero-order chi connectivity index (χ0) is 12.5. The van der Waals surface area contributed by atoms with E-state index in [0.29, 0.717) is 11.3 Å². The number of aryl methyl sites for hydroxylation is 1. The summed E-state index contributed by atoms with van der Waals surface area (Å²) in [7, 11) is 0. The molecule has 0 aliphatic carbocycles. The lowest BCUT2D eigenvalue weighted by Crippen LogP contribution is -2.46. The van der Waals surface area contributed by atoms with Crippen LogP contribution in [0.4, 0.5) is 0 Å². The molecule has 0 amide bonds. The molecule has 1 saturated heterocycles. The maximum atomic E-state index is 5.93. The summed E-state index contributed by atoms with van der Waals surface area (Å²) in [5, 5.41) is 0. The fraction of sp³-hybridized carbons (Fsp3) is 0.692. The molecule has 3 nitrogen and oxygen atoms in total. The molecule has 0 radical (unpaired) electrons. The van der Waals surface area contributed by atoms with Crippen LogP contribution in [0.5, 0.6) is 0 Å². The predicted molar refractivity (Wildman–Crippen MR) is 73.4 cm³/mol. The molecule has 0 aromatic carbocycles. The van der Waals surface area contributed by atoms with Gasteiger partial charge >= 0.3 is 0 Å². The Morgan fingerprint density at radius 1 is 1.53 bits per heavy atom. The fourth-order valence-electron chi connectivity index (χ4n) is 2.40. The van der Waals surface area contributed by atoms with Crippen molar-refractivity contribution < 1.29 is 4.42 Å². The zero-order valence-corrected chi connectivity index (χ0v) is 11.7. The van der Waals surface area contributed by atoms with Crippen LogP contribution < -0.4 is 5.73 Å². The predicted octanol–water partition coefficient (Wildman–Crippen LogP) is 2.42. The Labute approximate surface area is 108 Å². The van der Waals surface area contributed by atoms with Gasteiger partial charge in [0.25, 0.3) is 0 Å². The molecule has 0 saturated carbocycles. The summed E-state index contributed by atoms with van der Waals surface area (Å²) in [6, 6.07) is 4.30. The lowest BCUT2D eigenvalue weighted by atomic mass is 10.1. The maximum absolute atomic E-state index is 5.93. The van der Waals surface area contributed by atoms with Crippen LogP contribution in [-0.2, 0) is 0 Å². The van der Waals surface area contributed by atoms with E-state index in [9.17, 15) is 0 Å². The number of hydrogen-bond donors (Lipinski definition) is 1. The average Bonchev–Trinajstić information content (AvgIpc) is 2.64. The van der Waals surface area contributed by atoms with Crippen molar-refractivity contribution >= 4 is 11.8 Å². The number of furan rings is 1. The number of rotatable bonds is 3. The lowest BCUT2D eigenvalue weighted by Gasteiger charge is -2.40. The van der Waals surface area contributed by atoms with Gasteiger partial charge in [-0.3, -0.25) is 4.90 Å². The number of hydrogen-bond acceptors (Lipinski definition) is 4. The van der Waals surface area contributed by atoms with E-state index in [4.69, 9.17) is 10.2 Å². The molecule has 1 fully saturated rings. The third-order valence-electron chi connectivity index (χ3n) is 3.21.